The zero-order valence-corrected chi connectivity index (χ0v) is 13.7. The van der Waals surface area contributed by atoms with E-state index in [0.29, 0.717) is 23.3 Å². The van der Waals surface area contributed by atoms with E-state index >= 15 is 0 Å². The largest absolute Gasteiger partial charge is 0.481 e. The zero-order valence-electron chi connectivity index (χ0n) is 13.7. The minimum atomic E-state index is -0.252. The number of ether oxygens (including phenoxy) is 1. The molecule has 0 aromatic carbocycles. The molecule has 3 heterocycles. The molecule has 0 saturated heterocycles. The Morgan fingerprint density at radius 2 is 2.24 bits per heavy atom. The minimum absolute atomic E-state index is 0.0425. The van der Waals surface area contributed by atoms with Crippen molar-refractivity contribution in [3.05, 3.63) is 36.3 Å². The molecule has 1 aliphatic carbocycles. The third kappa shape index (κ3) is 2.93. The molecule has 4 N–H and O–H groups in total. The fourth-order valence-corrected chi connectivity index (χ4v) is 3.16. The molecule has 0 bridgehead atoms. The maximum atomic E-state index is 9.70. The number of anilines is 2. The van der Waals surface area contributed by atoms with E-state index in [1.807, 2.05) is 12.1 Å². The fourth-order valence-electron chi connectivity index (χ4n) is 3.16. The first-order valence-electron chi connectivity index (χ1n) is 8.05. The summed E-state index contributed by atoms with van der Waals surface area (Å²) in [5.41, 5.74) is 7.58. The molecule has 4 rings (SSSR count). The second-order valence-electron chi connectivity index (χ2n) is 6.20. The Kier molecular flexibility index (Phi) is 3.85. The first kappa shape index (κ1) is 15.6. The van der Waals surface area contributed by atoms with Crippen LogP contribution in [0.25, 0.3) is 5.65 Å². The molecule has 9 nitrogen and oxygen atoms in total. The summed E-state index contributed by atoms with van der Waals surface area (Å²) >= 11 is 0. The van der Waals surface area contributed by atoms with E-state index < -0.39 is 0 Å². The van der Waals surface area contributed by atoms with Crippen molar-refractivity contribution >= 4 is 17.4 Å². The van der Waals surface area contributed by atoms with Gasteiger partial charge in [0.1, 0.15) is 12.1 Å². The molecule has 0 radical (unpaired) electrons. The fraction of sp³-hybridized carbons (Fsp3) is 0.375. The average Bonchev–Trinajstić information content (AvgIpc) is 3.06. The summed E-state index contributed by atoms with van der Waals surface area (Å²) in [6.45, 7) is 0. The number of nitrogens with one attached hydrogen (secondary N) is 1. The number of nitrogen functional groups attached to an aromatic ring is 1. The number of pyridine rings is 1. The van der Waals surface area contributed by atoms with E-state index in [1.165, 1.54) is 6.33 Å². The van der Waals surface area contributed by atoms with Crippen molar-refractivity contribution in [1.82, 2.24) is 24.6 Å². The van der Waals surface area contributed by atoms with Crippen molar-refractivity contribution in [2.75, 3.05) is 18.2 Å². The molecular weight excluding hydrogens is 322 g/mol. The van der Waals surface area contributed by atoms with Gasteiger partial charge in [0.05, 0.1) is 19.3 Å². The number of hydrogen-bond donors (Lipinski definition) is 3. The maximum Gasteiger partial charge on any atom is 0.212 e. The Balaban J connectivity index is 1.64. The van der Waals surface area contributed by atoms with Crippen molar-refractivity contribution in [3.8, 4) is 5.88 Å². The van der Waals surface area contributed by atoms with Crippen LogP contribution in [-0.2, 0) is 0 Å². The van der Waals surface area contributed by atoms with Crippen LogP contribution in [0.2, 0.25) is 0 Å². The smallest absolute Gasteiger partial charge is 0.212 e. The van der Waals surface area contributed by atoms with Gasteiger partial charge in [0, 0.05) is 18.3 Å². The number of nitrogens with zero attached hydrogens (tertiary/aromatic N) is 5. The summed E-state index contributed by atoms with van der Waals surface area (Å²) in [5.74, 6) is 1.76. The highest BCUT2D eigenvalue weighted by atomic mass is 16.5. The van der Waals surface area contributed by atoms with Gasteiger partial charge >= 0.3 is 0 Å². The highest BCUT2D eigenvalue weighted by Crippen LogP contribution is 2.40. The summed E-state index contributed by atoms with van der Waals surface area (Å²) in [6.07, 6.45) is 4.51. The SMILES string of the molecule is COc1ccc([C@H](Nc2cc3nncn3c(N)n2)C2CC(O)C2)cn1. The van der Waals surface area contributed by atoms with Crippen LogP contribution < -0.4 is 15.8 Å². The number of aliphatic hydroxyl groups is 1. The monoisotopic (exact) mass is 341 g/mol. The van der Waals surface area contributed by atoms with Crippen LogP contribution >= 0.6 is 0 Å². The van der Waals surface area contributed by atoms with E-state index in [9.17, 15) is 5.11 Å². The maximum absolute atomic E-state index is 9.70. The second-order valence-corrected chi connectivity index (χ2v) is 6.20. The lowest BCUT2D eigenvalue weighted by Crippen LogP contribution is -2.36. The number of aromatic nitrogens is 5. The molecule has 1 fully saturated rings. The quantitative estimate of drug-likeness (QED) is 0.629. The van der Waals surface area contributed by atoms with Crippen molar-refractivity contribution in [2.24, 2.45) is 5.92 Å². The number of methoxy groups -OCH3 is 1. The Hall–Kier alpha value is -2.94. The van der Waals surface area contributed by atoms with Crippen LogP contribution in [0.1, 0.15) is 24.4 Å². The number of rotatable bonds is 5. The lowest BCUT2D eigenvalue weighted by molar-refractivity contribution is 0.0339. The van der Waals surface area contributed by atoms with Gasteiger partial charge in [0.25, 0.3) is 0 Å². The van der Waals surface area contributed by atoms with Crippen LogP contribution in [0.5, 0.6) is 5.88 Å². The van der Waals surface area contributed by atoms with Gasteiger partial charge in [0.2, 0.25) is 11.8 Å². The molecule has 0 amide bonds. The molecule has 1 aliphatic rings. The first-order valence-corrected chi connectivity index (χ1v) is 8.05. The second kappa shape index (κ2) is 6.17. The van der Waals surface area contributed by atoms with Gasteiger partial charge in [-0.2, -0.15) is 4.98 Å². The van der Waals surface area contributed by atoms with Crippen LogP contribution in [0.4, 0.5) is 11.8 Å². The molecule has 1 saturated carbocycles. The van der Waals surface area contributed by atoms with Crippen LogP contribution in [-0.4, -0.2) is 42.9 Å². The van der Waals surface area contributed by atoms with Crippen LogP contribution in [0.15, 0.2) is 30.7 Å². The summed E-state index contributed by atoms with van der Waals surface area (Å²) in [4.78, 5) is 8.66. The molecule has 130 valence electrons. The van der Waals surface area contributed by atoms with Gasteiger partial charge in [-0.05, 0) is 24.3 Å². The molecule has 3 aromatic rings. The van der Waals surface area contributed by atoms with Gasteiger partial charge in [-0.15, -0.1) is 10.2 Å². The standard InChI is InChI=1S/C16H19N7O2/c1-25-14-3-2-9(7-18-14)15(10-4-11(24)5-10)20-12-6-13-22-19-8-23(13)16(17)21-12/h2-3,6-8,10-11,15,20,24H,4-5H2,1H3,(H2,17,21)/t10?,11?,15-/m0/s1. The summed E-state index contributed by atoms with van der Waals surface area (Å²) in [7, 11) is 1.58. The molecular formula is C16H19N7O2. The van der Waals surface area contributed by atoms with Crippen molar-refractivity contribution < 1.29 is 9.84 Å². The van der Waals surface area contributed by atoms with E-state index in [1.54, 1.807) is 23.8 Å². The molecule has 9 heteroatoms. The third-order valence-electron chi connectivity index (χ3n) is 4.57. The third-order valence-corrected chi connectivity index (χ3v) is 4.57. The molecule has 3 aromatic heterocycles. The van der Waals surface area contributed by atoms with Gasteiger partial charge in [-0.3, -0.25) is 4.40 Å². The molecule has 1 atom stereocenters. The minimum Gasteiger partial charge on any atom is -0.481 e. The lowest BCUT2D eigenvalue weighted by atomic mass is 9.75. The zero-order chi connectivity index (χ0) is 17.4. The Bertz CT molecular complexity index is 874. The normalized spacial score (nSPS) is 20.9. The Morgan fingerprint density at radius 1 is 1.40 bits per heavy atom. The topological polar surface area (TPSA) is 123 Å². The number of nitrogens with two attached hydrogens (primary N) is 1. The van der Waals surface area contributed by atoms with E-state index in [0.717, 1.165) is 18.4 Å². The van der Waals surface area contributed by atoms with Crippen molar-refractivity contribution in [2.45, 2.75) is 25.0 Å². The predicted octanol–water partition coefficient (Wildman–Crippen LogP) is 1.03. The Morgan fingerprint density at radius 3 is 2.92 bits per heavy atom. The lowest BCUT2D eigenvalue weighted by Gasteiger charge is -2.38. The van der Waals surface area contributed by atoms with Gasteiger partial charge in [-0.25, -0.2) is 4.98 Å². The van der Waals surface area contributed by atoms with E-state index in [-0.39, 0.29) is 18.1 Å². The van der Waals surface area contributed by atoms with Gasteiger partial charge < -0.3 is 20.9 Å². The van der Waals surface area contributed by atoms with Crippen molar-refractivity contribution in [1.29, 1.82) is 0 Å². The van der Waals surface area contributed by atoms with E-state index in [4.69, 9.17) is 10.5 Å². The van der Waals surface area contributed by atoms with Gasteiger partial charge in [-0.1, -0.05) is 6.07 Å². The predicted molar refractivity (Wildman–Crippen MR) is 91.1 cm³/mol. The summed E-state index contributed by atoms with van der Waals surface area (Å²) in [5, 5.41) is 21.0. The van der Waals surface area contributed by atoms with Crippen LogP contribution in [0, 0.1) is 5.92 Å². The van der Waals surface area contributed by atoms with Crippen molar-refractivity contribution in [3.63, 3.8) is 0 Å². The number of fused-ring (bicyclic) bond motifs is 1. The summed E-state index contributed by atoms with van der Waals surface area (Å²) < 4.78 is 6.74. The molecule has 0 spiro atoms. The highest BCUT2D eigenvalue weighted by Gasteiger charge is 2.35. The van der Waals surface area contributed by atoms with Gasteiger partial charge in [0.15, 0.2) is 5.65 Å². The molecule has 25 heavy (non-hydrogen) atoms. The summed E-state index contributed by atoms with van der Waals surface area (Å²) in [6, 6.07) is 5.54. The average molecular weight is 341 g/mol. The van der Waals surface area contributed by atoms with E-state index in [2.05, 4.69) is 25.5 Å². The van der Waals surface area contributed by atoms with Crippen LogP contribution in [0.3, 0.4) is 0 Å². The number of aliphatic hydroxyl groups excluding tert-OH is 1. The highest BCUT2D eigenvalue weighted by molar-refractivity contribution is 5.54. The first-order chi connectivity index (χ1) is 12.1. The number of hydrogen-bond acceptors (Lipinski definition) is 8. The molecule has 0 unspecified atom stereocenters. The molecule has 0 aliphatic heterocycles. The Labute approximate surface area is 143 Å².